The highest BCUT2D eigenvalue weighted by molar-refractivity contribution is 5.91. The van der Waals surface area contributed by atoms with Crippen LogP contribution >= 0.6 is 0 Å². The molecule has 1 aliphatic heterocycles. The normalized spacial score (nSPS) is 16.6. The van der Waals surface area contributed by atoms with Gasteiger partial charge in [-0.2, -0.15) is 0 Å². The van der Waals surface area contributed by atoms with E-state index in [9.17, 15) is 4.79 Å². The Morgan fingerprint density at radius 2 is 2.00 bits per heavy atom. The maximum atomic E-state index is 11.6. The Balaban J connectivity index is 1.84. The molecular formula is C18H22N2O2. The third-order valence-corrected chi connectivity index (χ3v) is 4.40. The molecule has 0 unspecified atom stereocenters. The first-order valence-electron chi connectivity index (χ1n) is 7.85. The van der Waals surface area contributed by atoms with Crippen LogP contribution in [0.4, 0.5) is 0 Å². The van der Waals surface area contributed by atoms with E-state index in [0.29, 0.717) is 11.8 Å². The van der Waals surface area contributed by atoms with Crippen molar-refractivity contribution < 1.29 is 9.21 Å². The van der Waals surface area contributed by atoms with Crippen molar-refractivity contribution in [3.05, 3.63) is 47.7 Å². The van der Waals surface area contributed by atoms with Crippen LogP contribution in [0.25, 0.3) is 11.3 Å². The Labute approximate surface area is 131 Å². The quantitative estimate of drug-likeness (QED) is 0.940. The Morgan fingerprint density at radius 3 is 2.73 bits per heavy atom. The molecule has 3 rings (SSSR count). The Bertz CT molecular complexity index is 657. The summed E-state index contributed by atoms with van der Waals surface area (Å²) in [6.45, 7) is 4.60. The van der Waals surface area contributed by atoms with Gasteiger partial charge in [0.1, 0.15) is 5.76 Å². The molecule has 0 aliphatic carbocycles. The van der Waals surface area contributed by atoms with Crippen LogP contribution in [0.3, 0.4) is 0 Å². The van der Waals surface area contributed by atoms with E-state index in [1.807, 2.05) is 12.1 Å². The van der Waals surface area contributed by atoms with Gasteiger partial charge in [-0.05, 0) is 56.6 Å². The third kappa shape index (κ3) is 2.92. The predicted octanol–water partition coefficient (Wildman–Crippen LogP) is 3.46. The first-order chi connectivity index (χ1) is 10.7. The Hall–Kier alpha value is -2.07. The Kier molecular flexibility index (Phi) is 4.29. The number of hydrogen-bond donors (Lipinski definition) is 1. The molecule has 4 nitrogen and oxygen atoms in total. The van der Waals surface area contributed by atoms with E-state index in [-0.39, 0.29) is 5.91 Å². The zero-order chi connectivity index (χ0) is 15.5. The first kappa shape index (κ1) is 14.9. The van der Waals surface area contributed by atoms with Gasteiger partial charge in [0.25, 0.3) is 5.91 Å². The molecule has 1 aromatic heterocycles. The number of furan rings is 1. The number of nitrogens with one attached hydrogen (secondary N) is 1. The molecule has 2 heterocycles. The van der Waals surface area contributed by atoms with Crippen LogP contribution in [0, 0.1) is 0 Å². The van der Waals surface area contributed by atoms with Gasteiger partial charge < -0.3 is 9.73 Å². The van der Waals surface area contributed by atoms with E-state index < -0.39 is 0 Å². The molecule has 2 aromatic rings. The average molecular weight is 298 g/mol. The van der Waals surface area contributed by atoms with Crippen LogP contribution in [0.2, 0.25) is 0 Å². The summed E-state index contributed by atoms with van der Waals surface area (Å²) in [5, 5.41) is 2.57. The molecule has 1 atom stereocenters. The molecule has 0 saturated carbocycles. The average Bonchev–Trinajstić information content (AvgIpc) is 3.25. The molecule has 1 aliphatic rings. The van der Waals surface area contributed by atoms with Crippen molar-refractivity contribution in [3.8, 4) is 11.3 Å². The van der Waals surface area contributed by atoms with Gasteiger partial charge in [-0.25, -0.2) is 0 Å². The van der Waals surface area contributed by atoms with Crippen LogP contribution in [-0.2, 0) is 0 Å². The summed E-state index contributed by atoms with van der Waals surface area (Å²) >= 11 is 0. The number of likely N-dealkylation sites (tertiary alicyclic amines) is 1. The van der Waals surface area contributed by atoms with Crippen molar-refractivity contribution in [1.82, 2.24) is 10.2 Å². The van der Waals surface area contributed by atoms with Gasteiger partial charge in [0, 0.05) is 18.7 Å². The molecular weight excluding hydrogens is 276 g/mol. The molecule has 0 spiro atoms. The lowest BCUT2D eigenvalue weighted by atomic mass is 10.0. The van der Waals surface area contributed by atoms with Crippen molar-refractivity contribution >= 4 is 5.91 Å². The van der Waals surface area contributed by atoms with Crippen LogP contribution in [0.15, 0.2) is 40.8 Å². The van der Waals surface area contributed by atoms with Crippen LogP contribution in [0.1, 0.15) is 41.9 Å². The van der Waals surface area contributed by atoms with Gasteiger partial charge in [0.05, 0.1) is 0 Å². The van der Waals surface area contributed by atoms with Gasteiger partial charge in [-0.3, -0.25) is 9.69 Å². The number of rotatable bonds is 4. The minimum absolute atomic E-state index is 0.201. The molecule has 1 fully saturated rings. The minimum Gasteiger partial charge on any atom is -0.451 e. The summed E-state index contributed by atoms with van der Waals surface area (Å²) in [7, 11) is 1.60. The number of benzene rings is 1. The van der Waals surface area contributed by atoms with Crippen molar-refractivity contribution in [1.29, 1.82) is 0 Å². The van der Waals surface area contributed by atoms with Crippen molar-refractivity contribution in [3.63, 3.8) is 0 Å². The lowest BCUT2D eigenvalue weighted by Crippen LogP contribution is -2.23. The monoisotopic (exact) mass is 298 g/mol. The smallest absolute Gasteiger partial charge is 0.286 e. The molecule has 1 N–H and O–H groups in total. The molecule has 1 amide bonds. The maximum Gasteiger partial charge on any atom is 0.286 e. The number of amides is 1. The fraction of sp³-hybridized carbons (Fsp3) is 0.389. The van der Waals surface area contributed by atoms with Gasteiger partial charge in [0.2, 0.25) is 0 Å². The predicted molar refractivity (Wildman–Crippen MR) is 86.8 cm³/mol. The molecule has 4 heteroatoms. The lowest BCUT2D eigenvalue weighted by Gasteiger charge is -2.24. The topological polar surface area (TPSA) is 45.5 Å². The standard InChI is InChI=1S/C18H22N2O2/c1-13(20-10-3-4-11-20)14-6-5-7-15(12-14)16-8-9-17(22-16)18(21)19-2/h5-9,12-13H,3-4,10-11H2,1-2H3,(H,19,21)/t13-/m0/s1. The molecule has 116 valence electrons. The summed E-state index contributed by atoms with van der Waals surface area (Å²) in [4.78, 5) is 14.1. The van der Waals surface area contributed by atoms with E-state index in [0.717, 1.165) is 11.3 Å². The highest BCUT2D eigenvalue weighted by Gasteiger charge is 2.20. The Morgan fingerprint density at radius 1 is 1.23 bits per heavy atom. The summed E-state index contributed by atoms with van der Waals surface area (Å²) in [6.07, 6.45) is 2.58. The fourth-order valence-electron chi connectivity index (χ4n) is 3.03. The molecule has 22 heavy (non-hydrogen) atoms. The van der Waals surface area contributed by atoms with Crippen molar-refractivity contribution in [2.75, 3.05) is 20.1 Å². The summed E-state index contributed by atoms with van der Waals surface area (Å²) in [5.74, 6) is 0.873. The van der Waals surface area contributed by atoms with Crippen LogP contribution in [-0.4, -0.2) is 30.9 Å². The first-order valence-corrected chi connectivity index (χ1v) is 7.85. The van der Waals surface area contributed by atoms with E-state index in [2.05, 4.69) is 35.3 Å². The lowest BCUT2D eigenvalue weighted by molar-refractivity contribution is 0.0936. The SMILES string of the molecule is CNC(=O)c1ccc(-c2cccc([C@H](C)N3CCCC3)c2)o1. The number of carbonyl (C=O) groups excluding carboxylic acids is 1. The van der Waals surface area contributed by atoms with Crippen molar-refractivity contribution in [2.24, 2.45) is 0 Å². The highest BCUT2D eigenvalue weighted by atomic mass is 16.3. The number of hydrogen-bond acceptors (Lipinski definition) is 3. The third-order valence-electron chi connectivity index (χ3n) is 4.40. The maximum absolute atomic E-state index is 11.6. The molecule has 0 radical (unpaired) electrons. The summed E-state index contributed by atoms with van der Waals surface area (Å²) in [6, 6.07) is 12.4. The fourth-order valence-corrected chi connectivity index (χ4v) is 3.03. The van der Waals surface area contributed by atoms with E-state index in [4.69, 9.17) is 4.42 Å². The zero-order valence-corrected chi connectivity index (χ0v) is 13.1. The van der Waals surface area contributed by atoms with E-state index >= 15 is 0 Å². The molecule has 1 aromatic carbocycles. The van der Waals surface area contributed by atoms with Crippen molar-refractivity contribution in [2.45, 2.75) is 25.8 Å². The van der Waals surface area contributed by atoms with E-state index in [1.54, 1.807) is 13.1 Å². The highest BCUT2D eigenvalue weighted by Crippen LogP contribution is 2.29. The van der Waals surface area contributed by atoms with E-state index in [1.165, 1.54) is 31.5 Å². The molecule has 0 bridgehead atoms. The zero-order valence-electron chi connectivity index (χ0n) is 13.1. The number of nitrogens with zero attached hydrogens (tertiary/aromatic N) is 1. The number of carbonyl (C=O) groups is 1. The van der Waals surface area contributed by atoms with Crippen LogP contribution in [0.5, 0.6) is 0 Å². The second-order valence-electron chi connectivity index (χ2n) is 5.79. The van der Waals surface area contributed by atoms with Crippen LogP contribution < -0.4 is 5.32 Å². The summed E-state index contributed by atoms with van der Waals surface area (Å²) in [5.41, 5.74) is 2.30. The van der Waals surface area contributed by atoms with Gasteiger partial charge >= 0.3 is 0 Å². The van der Waals surface area contributed by atoms with Gasteiger partial charge in [-0.1, -0.05) is 18.2 Å². The second-order valence-corrected chi connectivity index (χ2v) is 5.79. The van der Waals surface area contributed by atoms with Gasteiger partial charge in [0.15, 0.2) is 5.76 Å². The largest absolute Gasteiger partial charge is 0.451 e. The van der Waals surface area contributed by atoms with Gasteiger partial charge in [-0.15, -0.1) is 0 Å². The second kappa shape index (κ2) is 6.36. The molecule has 1 saturated heterocycles. The minimum atomic E-state index is -0.201. The summed E-state index contributed by atoms with van der Waals surface area (Å²) < 4.78 is 5.66.